The van der Waals surface area contributed by atoms with Gasteiger partial charge < -0.3 is 14.9 Å². The molecule has 0 aromatic carbocycles. The zero-order valence-corrected chi connectivity index (χ0v) is 9.64. The third kappa shape index (κ3) is 6.43. The van der Waals surface area contributed by atoms with Crippen LogP contribution in [0.4, 0.5) is 0 Å². The molecule has 0 radical (unpaired) electrons. The number of aliphatic carboxylic acids is 1. The van der Waals surface area contributed by atoms with Crippen molar-refractivity contribution in [3.8, 4) is 0 Å². The maximum Gasteiger partial charge on any atom is 0.304 e. The zero-order chi connectivity index (χ0) is 11.8. The highest BCUT2D eigenvalue weighted by molar-refractivity contribution is 5.67. The number of likely N-dealkylation sites (N-methyl/N-ethyl adjacent to an activating group) is 1. The van der Waals surface area contributed by atoms with Crippen LogP contribution < -0.4 is 0 Å². The number of methoxy groups -OCH3 is 1. The molecule has 2 N–H and O–H groups in total. The molecule has 90 valence electrons. The number of aliphatic hydroxyl groups is 1. The average Bonchev–Trinajstić information content (AvgIpc) is 2.13. The first kappa shape index (κ1) is 14.3. The molecule has 0 aliphatic carbocycles. The summed E-state index contributed by atoms with van der Waals surface area (Å²) in [6.07, 6.45) is -0.473. The summed E-state index contributed by atoms with van der Waals surface area (Å²) in [7, 11) is 1.53. The fourth-order valence-corrected chi connectivity index (χ4v) is 1.52. The first-order valence-electron chi connectivity index (χ1n) is 5.14. The minimum Gasteiger partial charge on any atom is -0.481 e. The highest BCUT2D eigenvalue weighted by Crippen LogP contribution is 2.05. The average molecular weight is 219 g/mol. The number of nitrogens with zero attached hydrogens (tertiary/aromatic N) is 1. The molecule has 0 aromatic heterocycles. The Morgan fingerprint density at radius 3 is 2.53 bits per heavy atom. The molecule has 0 saturated carbocycles. The summed E-state index contributed by atoms with van der Waals surface area (Å²) >= 11 is 0. The van der Waals surface area contributed by atoms with Crippen molar-refractivity contribution in [3.05, 3.63) is 0 Å². The van der Waals surface area contributed by atoms with Crippen LogP contribution in [0.25, 0.3) is 0 Å². The summed E-state index contributed by atoms with van der Waals surface area (Å²) in [5, 5.41) is 18.2. The van der Waals surface area contributed by atoms with E-state index in [0.29, 0.717) is 6.54 Å². The largest absolute Gasteiger partial charge is 0.481 e. The number of aliphatic hydroxyl groups excluding tert-OH is 1. The van der Waals surface area contributed by atoms with Crippen LogP contribution in [0.5, 0.6) is 0 Å². The van der Waals surface area contributed by atoms with Crippen LogP contribution in [-0.4, -0.2) is 60.0 Å². The Labute approximate surface area is 90.6 Å². The number of ether oxygens (including phenoxy) is 1. The lowest BCUT2D eigenvalue weighted by Gasteiger charge is -2.28. The molecule has 0 fully saturated rings. The summed E-state index contributed by atoms with van der Waals surface area (Å²) in [4.78, 5) is 12.5. The van der Waals surface area contributed by atoms with Crippen LogP contribution in [-0.2, 0) is 9.53 Å². The molecule has 0 heterocycles. The summed E-state index contributed by atoms with van der Waals surface area (Å²) in [6, 6.07) is -0.0704. The van der Waals surface area contributed by atoms with Gasteiger partial charge in [0.25, 0.3) is 0 Å². The SMILES string of the molecule is CCN(CC(O)COC)C(C)CC(=O)O. The molecule has 0 saturated heterocycles. The van der Waals surface area contributed by atoms with Crippen LogP contribution in [0, 0.1) is 0 Å². The van der Waals surface area contributed by atoms with E-state index in [1.165, 1.54) is 7.11 Å². The van der Waals surface area contributed by atoms with Gasteiger partial charge in [0.05, 0.1) is 19.1 Å². The van der Waals surface area contributed by atoms with Crippen LogP contribution in [0.15, 0.2) is 0 Å². The summed E-state index contributed by atoms with van der Waals surface area (Å²) in [5.74, 6) is -0.817. The Kier molecular flexibility index (Phi) is 7.29. The number of carboxylic acid groups (broad SMARTS) is 1. The van der Waals surface area contributed by atoms with Gasteiger partial charge in [-0.05, 0) is 13.5 Å². The minimum atomic E-state index is -0.817. The highest BCUT2D eigenvalue weighted by Gasteiger charge is 2.18. The lowest BCUT2D eigenvalue weighted by atomic mass is 10.2. The van der Waals surface area contributed by atoms with Crippen molar-refractivity contribution < 1.29 is 19.7 Å². The van der Waals surface area contributed by atoms with Gasteiger partial charge in [-0.2, -0.15) is 0 Å². The van der Waals surface area contributed by atoms with Crippen LogP contribution in [0.1, 0.15) is 20.3 Å². The Balaban J connectivity index is 4.04. The number of carbonyl (C=O) groups is 1. The minimum absolute atomic E-state index is 0.0704. The fraction of sp³-hybridized carbons (Fsp3) is 0.900. The van der Waals surface area contributed by atoms with Gasteiger partial charge in [-0.1, -0.05) is 6.92 Å². The number of rotatable bonds is 8. The second-order valence-corrected chi connectivity index (χ2v) is 3.64. The molecule has 5 nitrogen and oxygen atoms in total. The smallest absolute Gasteiger partial charge is 0.304 e. The van der Waals surface area contributed by atoms with E-state index in [1.807, 2.05) is 18.7 Å². The zero-order valence-electron chi connectivity index (χ0n) is 9.64. The molecule has 2 unspecified atom stereocenters. The monoisotopic (exact) mass is 219 g/mol. The molecule has 0 spiro atoms. The Morgan fingerprint density at radius 2 is 2.13 bits per heavy atom. The lowest BCUT2D eigenvalue weighted by Crippen LogP contribution is -2.41. The number of hydrogen-bond donors (Lipinski definition) is 2. The maximum absolute atomic E-state index is 10.5. The van der Waals surface area contributed by atoms with Gasteiger partial charge in [-0.25, -0.2) is 0 Å². The van der Waals surface area contributed by atoms with Gasteiger partial charge in [0.15, 0.2) is 0 Å². The van der Waals surface area contributed by atoms with E-state index in [0.717, 1.165) is 6.54 Å². The molecule has 0 rings (SSSR count). The third-order valence-corrected chi connectivity index (χ3v) is 2.30. The summed E-state index contributed by atoms with van der Waals surface area (Å²) in [6.45, 7) is 5.22. The van der Waals surface area contributed by atoms with E-state index in [-0.39, 0.29) is 19.1 Å². The second kappa shape index (κ2) is 7.62. The third-order valence-electron chi connectivity index (χ3n) is 2.30. The van der Waals surface area contributed by atoms with E-state index < -0.39 is 12.1 Å². The van der Waals surface area contributed by atoms with E-state index in [9.17, 15) is 9.90 Å². The summed E-state index contributed by atoms with van der Waals surface area (Å²) < 4.78 is 4.82. The van der Waals surface area contributed by atoms with Gasteiger partial charge in [0, 0.05) is 19.7 Å². The van der Waals surface area contributed by atoms with Crippen LogP contribution in [0.2, 0.25) is 0 Å². The molecule has 0 aliphatic heterocycles. The summed E-state index contributed by atoms with van der Waals surface area (Å²) in [5.41, 5.74) is 0. The molecular weight excluding hydrogens is 198 g/mol. The van der Waals surface area contributed by atoms with E-state index in [1.54, 1.807) is 0 Å². The van der Waals surface area contributed by atoms with Gasteiger partial charge in [0.1, 0.15) is 0 Å². The molecule has 0 bridgehead atoms. The lowest BCUT2D eigenvalue weighted by molar-refractivity contribution is -0.138. The molecule has 0 aliphatic rings. The van der Waals surface area contributed by atoms with E-state index in [2.05, 4.69) is 0 Å². The molecule has 0 amide bonds. The standard InChI is InChI=1S/C10H21NO4/c1-4-11(6-9(12)7-15-3)8(2)5-10(13)14/h8-9,12H,4-7H2,1-3H3,(H,13,14). The molecule has 2 atom stereocenters. The first-order valence-corrected chi connectivity index (χ1v) is 5.14. The highest BCUT2D eigenvalue weighted by atomic mass is 16.5. The van der Waals surface area contributed by atoms with Crippen molar-refractivity contribution in [1.82, 2.24) is 4.90 Å². The Bertz CT molecular complexity index is 186. The number of carboxylic acids is 1. The topological polar surface area (TPSA) is 70.0 Å². The van der Waals surface area contributed by atoms with Crippen molar-refractivity contribution in [2.45, 2.75) is 32.4 Å². The second-order valence-electron chi connectivity index (χ2n) is 3.64. The number of hydrogen-bond acceptors (Lipinski definition) is 4. The van der Waals surface area contributed by atoms with Crippen molar-refractivity contribution >= 4 is 5.97 Å². The first-order chi connectivity index (χ1) is 7.01. The van der Waals surface area contributed by atoms with Crippen molar-refractivity contribution in [3.63, 3.8) is 0 Å². The van der Waals surface area contributed by atoms with Gasteiger partial charge in [-0.3, -0.25) is 9.69 Å². The molecule has 15 heavy (non-hydrogen) atoms. The van der Waals surface area contributed by atoms with Crippen LogP contribution in [0.3, 0.4) is 0 Å². The Morgan fingerprint density at radius 1 is 1.53 bits per heavy atom. The predicted molar refractivity (Wildman–Crippen MR) is 56.8 cm³/mol. The van der Waals surface area contributed by atoms with Crippen LogP contribution >= 0.6 is 0 Å². The molecule has 0 aromatic rings. The predicted octanol–water partition coefficient (Wildman–Crippen LogP) is 0.179. The molecule has 5 heteroatoms. The van der Waals surface area contributed by atoms with Crippen molar-refractivity contribution in [2.75, 3.05) is 26.8 Å². The normalized spacial score (nSPS) is 15.3. The quantitative estimate of drug-likeness (QED) is 0.609. The van der Waals surface area contributed by atoms with Crippen molar-refractivity contribution in [2.24, 2.45) is 0 Å². The van der Waals surface area contributed by atoms with Gasteiger partial charge >= 0.3 is 5.97 Å². The Hall–Kier alpha value is -0.650. The van der Waals surface area contributed by atoms with E-state index >= 15 is 0 Å². The maximum atomic E-state index is 10.5. The molecular formula is C10H21NO4. The van der Waals surface area contributed by atoms with Crippen molar-refractivity contribution in [1.29, 1.82) is 0 Å². The van der Waals surface area contributed by atoms with Gasteiger partial charge in [-0.15, -0.1) is 0 Å². The van der Waals surface area contributed by atoms with E-state index in [4.69, 9.17) is 9.84 Å². The van der Waals surface area contributed by atoms with Gasteiger partial charge in [0.2, 0.25) is 0 Å². The fourth-order valence-electron chi connectivity index (χ4n) is 1.52.